The quantitative estimate of drug-likeness (QED) is 0.750. The maximum Gasteiger partial charge on any atom is 0.304 e. The van der Waals surface area contributed by atoms with Crippen LogP contribution >= 0.6 is 0 Å². The third-order valence-corrected chi connectivity index (χ3v) is 1.65. The highest BCUT2D eigenvalue weighted by atomic mass is 19.3. The first kappa shape index (κ1) is 9.63. The van der Waals surface area contributed by atoms with E-state index in [9.17, 15) is 13.6 Å². The molecule has 4 nitrogen and oxygen atoms in total. The molecule has 0 aliphatic heterocycles. The van der Waals surface area contributed by atoms with Gasteiger partial charge in [0.05, 0.1) is 18.5 Å². The second kappa shape index (κ2) is 3.97. The number of carboxylic acid groups (broad SMARTS) is 1. The van der Waals surface area contributed by atoms with Gasteiger partial charge in [-0.25, -0.2) is 8.78 Å². The predicted molar refractivity (Wildman–Crippen MR) is 39.6 cm³/mol. The summed E-state index contributed by atoms with van der Waals surface area (Å²) in [5.41, 5.74) is 0.220. The van der Waals surface area contributed by atoms with Gasteiger partial charge in [0.2, 0.25) is 6.43 Å². The average Bonchev–Trinajstić information content (AvgIpc) is 2.50. The molecule has 0 saturated carbocycles. The number of hydrogen-bond acceptors (Lipinski definition) is 2. The van der Waals surface area contributed by atoms with Crippen molar-refractivity contribution in [2.24, 2.45) is 0 Å². The molecule has 1 aromatic rings. The first-order valence-corrected chi connectivity index (χ1v) is 3.60. The molecule has 1 aromatic heterocycles. The summed E-state index contributed by atoms with van der Waals surface area (Å²) in [6.45, 7) is 0. The molecule has 1 rings (SSSR count). The average molecular weight is 190 g/mol. The molecule has 0 aliphatic carbocycles. The Kier molecular flexibility index (Phi) is 2.94. The van der Waals surface area contributed by atoms with Crippen molar-refractivity contribution < 1.29 is 18.7 Å². The Hall–Kier alpha value is -1.46. The van der Waals surface area contributed by atoms with Gasteiger partial charge in [0.1, 0.15) is 0 Å². The summed E-state index contributed by atoms with van der Waals surface area (Å²) in [6, 6.07) is 0. The fraction of sp³-hybridized carbons (Fsp3) is 0.429. The molecule has 13 heavy (non-hydrogen) atoms. The van der Waals surface area contributed by atoms with Gasteiger partial charge in [-0.05, 0) is 5.56 Å². The minimum Gasteiger partial charge on any atom is -0.481 e. The maximum absolute atomic E-state index is 12.3. The van der Waals surface area contributed by atoms with Gasteiger partial charge in [0.15, 0.2) is 0 Å². The number of aliphatic carboxylic acids is 1. The fourth-order valence-electron chi connectivity index (χ4n) is 1.00. The number of carbonyl (C=O) groups is 1. The fourth-order valence-corrected chi connectivity index (χ4v) is 1.00. The van der Waals surface area contributed by atoms with Crippen LogP contribution < -0.4 is 0 Å². The molecule has 0 amide bonds. The molecule has 0 saturated heterocycles. The topological polar surface area (TPSA) is 66.0 Å². The van der Waals surface area contributed by atoms with E-state index >= 15 is 0 Å². The molecule has 72 valence electrons. The SMILES string of the molecule is O=C(O)CC(c1cn[nH]c1)C(F)F. The molecule has 0 aromatic carbocycles. The lowest BCUT2D eigenvalue weighted by Gasteiger charge is -2.10. The first-order chi connectivity index (χ1) is 6.11. The summed E-state index contributed by atoms with van der Waals surface area (Å²) >= 11 is 0. The number of nitrogens with one attached hydrogen (secondary N) is 1. The molecule has 1 unspecified atom stereocenters. The van der Waals surface area contributed by atoms with E-state index in [1.807, 2.05) is 0 Å². The van der Waals surface area contributed by atoms with E-state index in [1.165, 1.54) is 12.4 Å². The molecule has 1 atom stereocenters. The van der Waals surface area contributed by atoms with Crippen LogP contribution in [0.3, 0.4) is 0 Å². The largest absolute Gasteiger partial charge is 0.481 e. The van der Waals surface area contributed by atoms with Gasteiger partial charge in [0, 0.05) is 6.20 Å². The Balaban J connectivity index is 2.74. The van der Waals surface area contributed by atoms with Crippen LogP contribution in [0.2, 0.25) is 0 Å². The number of rotatable bonds is 4. The summed E-state index contributed by atoms with van der Waals surface area (Å²) in [5, 5.41) is 14.2. The van der Waals surface area contributed by atoms with E-state index in [0.29, 0.717) is 0 Å². The summed E-state index contributed by atoms with van der Waals surface area (Å²) in [4.78, 5) is 10.2. The smallest absolute Gasteiger partial charge is 0.304 e. The minimum atomic E-state index is -2.69. The lowest BCUT2D eigenvalue weighted by Crippen LogP contribution is -2.13. The number of halogens is 2. The minimum absolute atomic E-state index is 0.220. The Bertz CT molecular complexity index is 274. The van der Waals surface area contributed by atoms with E-state index < -0.39 is 24.7 Å². The van der Waals surface area contributed by atoms with Crippen molar-refractivity contribution in [3.05, 3.63) is 18.0 Å². The van der Waals surface area contributed by atoms with Gasteiger partial charge in [-0.2, -0.15) is 5.10 Å². The van der Waals surface area contributed by atoms with Crippen LogP contribution in [0, 0.1) is 0 Å². The van der Waals surface area contributed by atoms with E-state index in [1.54, 1.807) is 0 Å². The summed E-state index contributed by atoms with van der Waals surface area (Å²) < 4.78 is 24.6. The number of aromatic amines is 1. The molecule has 0 spiro atoms. The number of nitrogens with zero attached hydrogens (tertiary/aromatic N) is 1. The molecule has 0 aliphatic rings. The second-order valence-corrected chi connectivity index (χ2v) is 2.57. The van der Waals surface area contributed by atoms with Gasteiger partial charge in [-0.1, -0.05) is 0 Å². The Morgan fingerprint density at radius 1 is 1.69 bits per heavy atom. The molecule has 0 bridgehead atoms. The lowest BCUT2D eigenvalue weighted by atomic mass is 10.00. The second-order valence-electron chi connectivity index (χ2n) is 2.57. The number of alkyl halides is 2. The molecule has 6 heteroatoms. The van der Waals surface area contributed by atoms with Gasteiger partial charge >= 0.3 is 5.97 Å². The number of hydrogen-bond donors (Lipinski definition) is 2. The van der Waals surface area contributed by atoms with Gasteiger partial charge in [-0.15, -0.1) is 0 Å². The third-order valence-electron chi connectivity index (χ3n) is 1.65. The van der Waals surface area contributed by atoms with Crippen LogP contribution in [0.1, 0.15) is 17.9 Å². The Morgan fingerprint density at radius 2 is 2.38 bits per heavy atom. The summed E-state index contributed by atoms with van der Waals surface area (Å²) in [7, 11) is 0. The third kappa shape index (κ3) is 2.50. The zero-order chi connectivity index (χ0) is 9.84. The van der Waals surface area contributed by atoms with Crippen molar-refractivity contribution in [2.45, 2.75) is 18.8 Å². The maximum atomic E-state index is 12.3. The number of H-pyrrole nitrogens is 1. The van der Waals surface area contributed by atoms with Crippen molar-refractivity contribution in [1.82, 2.24) is 10.2 Å². The highest BCUT2D eigenvalue weighted by Crippen LogP contribution is 2.25. The van der Waals surface area contributed by atoms with E-state index in [-0.39, 0.29) is 5.56 Å². The first-order valence-electron chi connectivity index (χ1n) is 3.60. The van der Waals surface area contributed by atoms with Crippen LogP contribution in [-0.4, -0.2) is 27.7 Å². The molecule has 2 N–H and O–H groups in total. The summed E-state index contributed by atoms with van der Waals surface area (Å²) in [6.07, 6.45) is -0.787. The van der Waals surface area contributed by atoms with E-state index in [4.69, 9.17) is 5.11 Å². The highest BCUT2D eigenvalue weighted by Gasteiger charge is 2.25. The number of carboxylic acids is 1. The van der Waals surface area contributed by atoms with Crippen LogP contribution in [0.5, 0.6) is 0 Å². The van der Waals surface area contributed by atoms with Gasteiger partial charge < -0.3 is 5.11 Å². The summed E-state index contributed by atoms with van der Waals surface area (Å²) in [5.74, 6) is -2.53. The van der Waals surface area contributed by atoms with Crippen molar-refractivity contribution in [1.29, 1.82) is 0 Å². The van der Waals surface area contributed by atoms with Crippen LogP contribution in [0.15, 0.2) is 12.4 Å². The number of aromatic nitrogens is 2. The van der Waals surface area contributed by atoms with Crippen molar-refractivity contribution in [3.63, 3.8) is 0 Å². The van der Waals surface area contributed by atoms with E-state index in [2.05, 4.69) is 10.2 Å². The lowest BCUT2D eigenvalue weighted by molar-refractivity contribution is -0.138. The van der Waals surface area contributed by atoms with Gasteiger partial charge in [-0.3, -0.25) is 9.89 Å². The molecule has 1 heterocycles. The van der Waals surface area contributed by atoms with E-state index in [0.717, 1.165) is 0 Å². The Morgan fingerprint density at radius 3 is 2.77 bits per heavy atom. The van der Waals surface area contributed by atoms with Crippen molar-refractivity contribution in [2.75, 3.05) is 0 Å². The van der Waals surface area contributed by atoms with Crippen molar-refractivity contribution in [3.8, 4) is 0 Å². The predicted octanol–water partition coefficient (Wildman–Crippen LogP) is 1.23. The monoisotopic (exact) mass is 190 g/mol. The highest BCUT2D eigenvalue weighted by molar-refractivity contribution is 5.68. The normalized spacial score (nSPS) is 13.2. The van der Waals surface area contributed by atoms with Crippen LogP contribution in [0.25, 0.3) is 0 Å². The zero-order valence-electron chi connectivity index (χ0n) is 6.58. The zero-order valence-corrected chi connectivity index (χ0v) is 6.58. The Labute approximate surface area is 72.6 Å². The molecular formula is C7H8F2N2O2. The van der Waals surface area contributed by atoms with Crippen molar-refractivity contribution >= 4 is 5.97 Å². The van der Waals surface area contributed by atoms with Crippen LogP contribution in [0.4, 0.5) is 8.78 Å². The molecule has 0 radical (unpaired) electrons. The molecular weight excluding hydrogens is 182 g/mol. The van der Waals surface area contributed by atoms with Gasteiger partial charge in [0.25, 0.3) is 0 Å². The standard InChI is InChI=1S/C7H8F2N2O2/c8-7(9)5(1-6(12)13)4-2-10-11-3-4/h2-3,5,7H,1H2,(H,10,11)(H,12,13). The van der Waals surface area contributed by atoms with Crippen LogP contribution in [-0.2, 0) is 4.79 Å². The molecule has 0 fully saturated rings.